The molecule has 0 aliphatic carbocycles. The van der Waals surface area contributed by atoms with E-state index in [1.54, 1.807) is 24.3 Å². The number of nitrogens with zero attached hydrogens (tertiary/aromatic N) is 3. The van der Waals surface area contributed by atoms with E-state index in [1.165, 1.54) is 28.8 Å². The first kappa shape index (κ1) is 17.3. The highest BCUT2D eigenvalue weighted by atomic mass is 32.2. The average molecular weight is 385 g/mol. The minimum Gasteiger partial charge on any atom is -0.288 e. The number of hydrogen-bond donors (Lipinski definition) is 0. The maximum absolute atomic E-state index is 13.1. The molecule has 1 fully saturated rings. The molecule has 1 aliphatic heterocycles. The molecule has 4 rings (SSSR count). The Morgan fingerprint density at radius 3 is 2.44 bits per heavy atom. The summed E-state index contributed by atoms with van der Waals surface area (Å²) in [6, 6.07) is 12.1. The van der Waals surface area contributed by atoms with Gasteiger partial charge in [-0.15, -0.1) is 0 Å². The molecule has 1 aliphatic rings. The zero-order valence-electron chi connectivity index (χ0n) is 14.1. The smallest absolute Gasteiger partial charge is 0.269 e. The molecule has 138 valence electrons. The molecule has 0 amide bonds. The number of para-hydroxylation sites is 1. The van der Waals surface area contributed by atoms with Gasteiger partial charge in [-0.3, -0.25) is 19.5 Å². The van der Waals surface area contributed by atoms with Crippen LogP contribution in [0.15, 0.2) is 53.3 Å². The summed E-state index contributed by atoms with van der Waals surface area (Å²) in [6.45, 7) is 0. The van der Waals surface area contributed by atoms with Gasteiger partial charge in [-0.05, 0) is 30.7 Å². The van der Waals surface area contributed by atoms with Crippen LogP contribution in [-0.2, 0) is 9.84 Å². The van der Waals surface area contributed by atoms with Crippen molar-refractivity contribution >= 4 is 26.4 Å². The third kappa shape index (κ3) is 3.10. The summed E-state index contributed by atoms with van der Waals surface area (Å²) in [5.74, 6) is 0.222. The lowest BCUT2D eigenvalue weighted by Crippen LogP contribution is -2.28. The Kier molecular flexibility index (Phi) is 4.03. The number of nitro benzene ring substituents is 1. The number of nitro groups is 1. The van der Waals surface area contributed by atoms with Gasteiger partial charge in [0.25, 0.3) is 11.2 Å². The second kappa shape index (κ2) is 6.27. The predicted octanol–water partition coefficient (Wildman–Crippen LogP) is 2.33. The molecule has 27 heavy (non-hydrogen) atoms. The Bertz CT molecular complexity index is 1220. The number of sulfone groups is 1. The molecule has 1 atom stereocenters. The van der Waals surface area contributed by atoms with Crippen LogP contribution in [0.2, 0.25) is 0 Å². The summed E-state index contributed by atoms with van der Waals surface area (Å²) in [7, 11) is -3.21. The fraction of sp³-hybridized carbons (Fsp3) is 0.222. The van der Waals surface area contributed by atoms with E-state index < -0.39 is 20.8 Å². The van der Waals surface area contributed by atoms with Crippen molar-refractivity contribution in [1.82, 2.24) is 9.55 Å². The lowest BCUT2D eigenvalue weighted by Gasteiger charge is -2.18. The van der Waals surface area contributed by atoms with Gasteiger partial charge in [-0.1, -0.05) is 12.1 Å². The number of benzene rings is 2. The first-order valence-corrected chi connectivity index (χ1v) is 10.1. The van der Waals surface area contributed by atoms with Crippen molar-refractivity contribution in [1.29, 1.82) is 0 Å². The average Bonchev–Trinajstić information content (AvgIpc) is 3.01. The van der Waals surface area contributed by atoms with Gasteiger partial charge in [0.15, 0.2) is 9.84 Å². The van der Waals surface area contributed by atoms with Gasteiger partial charge in [-0.2, -0.15) is 0 Å². The fourth-order valence-electron chi connectivity index (χ4n) is 3.40. The van der Waals surface area contributed by atoms with Crippen molar-refractivity contribution in [3.8, 4) is 11.4 Å². The molecule has 1 saturated heterocycles. The van der Waals surface area contributed by atoms with Crippen LogP contribution < -0.4 is 5.56 Å². The molecule has 0 spiro atoms. The molecule has 2 heterocycles. The normalized spacial score (nSPS) is 18.6. The van der Waals surface area contributed by atoms with E-state index in [-0.39, 0.29) is 22.8 Å². The number of hydrogen-bond acceptors (Lipinski definition) is 6. The van der Waals surface area contributed by atoms with E-state index >= 15 is 0 Å². The van der Waals surface area contributed by atoms with Crippen molar-refractivity contribution in [3.63, 3.8) is 0 Å². The van der Waals surface area contributed by atoms with Crippen molar-refractivity contribution < 1.29 is 13.3 Å². The predicted molar refractivity (Wildman–Crippen MR) is 100 cm³/mol. The van der Waals surface area contributed by atoms with E-state index in [0.29, 0.717) is 28.7 Å². The van der Waals surface area contributed by atoms with E-state index in [4.69, 9.17) is 0 Å². The zero-order chi connectivity index (χ0) is 19.2. The van der Waals surface area contributed by atoms with Crippen LogP contribution in [0.3, 0.4) is 0 Å². The molecule has 0 radical (unpaired) electrons. The van der Waals surface area contributed by atoms with E-state index in [1.807, 2.05) is 0 Å². The fourth-order valence-corrected chi connectivity index (χ4v) is 5.10. The number of rotatable bonds is 3. The van der Waals surface area contributed by atoms with E-state index in [0.717, 1.165) is 0 Å². The van der Waals surface area contributed by atoms with Crippen molar-refractivity contribution in [2.24, 2.45) is 0 Å². The van der Waals surface area contributed by atoms with E-state index in [9.17, 15) is 23.3 Å². The Balaban J connectivity index is 1.96. The molecule has 8 nitrogen and oxygen atoms in total. The monoisotopic (exact) mass is 385 g/mol. The van der Waals surface area contributed by atoms with Crippen LogP contribution in [0.1, 0.15) is 12.5 Å². The minimum absolute atomic E-state index is 0.0244. The third-order valence-corrected chi connectivity index (χ3v) is 6.47. The van der Waals surface area contributed by atoms with Gasteiger partial charge >= 0.3 is 0 Å². The van der Waals surface area contributed by atoms with Crippen molar-refractivity contribution in [2.75, 3.05) is 11.5 Å². The van der Waals surface area contributed by atoms with Crippen molar-refractivity contribution in [2.45, 2.75) is 12.5 Å². The molecular weight excluding hydrogens is 370 g/mol. The van der Waals surface area contributed by atoms with Gasteiger partial charge in [0.05, 0.1) is 33.4 Å². The quantitative estimate of drug-likeness (QED) is 0.505. The summed E-state index contributed by atoms with van der Waals surface area (Å²) in [6.07, 6.45) is 0.336. The highest BCUT2D eigenvalue weighted by Crippen LogP contribution is 2.29. The Hall–Kier alpha value is -3.07. The van der Waals surface area contributed by atoms with Crippen LogP contribution in [0.25, 0.3) is 22.3 Å². The molecule has 0 unspecified atom stereocenters. The number of non-ortho nitro benzene ring substituents is 1. The van der Waals surface area contributed by atoms with Gasteiger partial charge in [-0.25, -0.2) is 13.4 Å². The highest BCUT2D eigenvalue weighted by Gasteiger charge is 2.32. The summed E-state index contributed by atoms with van der Waals surface area (Å²) < 4.78 is 25.3. The minimum atomic E-state index is -3.21. The topological polar surface area (TPSA) is 112 Å². The summed E-state index contributed by atoms with van der Waals surface area (Å²) >= 11 is 0. The Labute approximate surface area is 154 Å². The van der Waals surface area contributed by atoms with Crippen LogP contribution >= 0.6 is 0 Å². The lowest BCUT2D eigenvalue weighted by molar-refractivity contribution is -0.384. The molecular formula is C18H15N3O5S. The standard InChI is InChI=1S/C18H15N3O5S/c22-18-15-3-1-2-4-16(15)19-17(12-5-7-13(8-6-12)21(23)24)20(18)14-9-10-27(25,26)11-14/h1-8,14H,9-11H2/t14-/m0/s1. The molecule has 1 aromatic heterocycles. The second-order valence-corrected chi connectivity index (χ2v) is 8.72. The summed E-state index contributed by atoms with van der Waals surface area (Å²) in [5.41, 5.74) is 0.633. The number of aromatic nitrogens is 2. The number of fused-ring (bicyclic) bond motifs is 1. The molecule has 3 aromatic rings. The van der Waals surface area contributed by atoms with Crippen LogP contribution in [0, 0.1) is 10.1 Å². The molecule has 2 aromatic carbocycles. The molecule has 0 saturated carbocycles. The largest absolute Gasteiger partial charge is 0.288 e. The van der Waals surface area contributed by atoms with Gasteiger partial charge < -0.3 is 0 Å². The van der Waals surface area contributed by atoms with Crippen molar-refractivity contribution in [3.05, 3.63) is 69.0 Å². The van der Waals surface area contributed by atoms with Gasteiger partial charge in [0.2, 0.25) is 0 Å². The maximum atomic E-state index is 13.1. The van der Waals surface area contributed by atoms with Gasteiger partial charge in [0, 0.05) is 17.7 Å². The third-order valence-electron chi connectivity index (χ3n) is 4.72. The van der Waals surface area contributed by atoms with E-state index in [2.05, 4.69) is 4.98 Å². The lowest BCUT2D eigenvalue weighted by atomic mass is 10.1. The SMILES string of the molecule is O=c1c2ccccc2nc(-c2ccc([N+](=O)[O-])cc2)n1[C@H]1CCS(=O)(=O)C1. The molecule has 9 heteroatoms. The van der Waals surface area contributed by atoms with Gasteiger partial charge in [0.1, 0.15) is 5.82 Å². The highest BCUT2D eigenvalue weighted by molar-refractivity contribution is 7.91. The second-order valence-electron chi connectivity index (χ2n) is 6.49. The first-order valence-electron chi connectivity index (χ1n) is 8.32. The zero-order valence-corrected chi connectivity index (χ0v) is 14.9. The van der Waals surface area contributed by atoms with Crippen LogP contribution in [0.4, 0.5) is 5.69 Å². The molecule has 0 N–H and O–H groups in total. The first-order chi connectivity index (χ1) is 12.9. The molecule has 0 bridgehead atoms. The Morgan fingerprint density at radius 1 is 1.11 bits per heavy atom. The summed E-state index contributed by atoms with van der Waals surface area (Å²) in [5, 5.41) is 11.3. The van der Waals surface area contributed by atoms with Crippen LogP contribution in [-0.4, -0.2) is 34.4 Å². The Morgan fingerprint density at radius 2 is 1.81 bits per heavy atom. The van der Waals surface area contributed by atoms with Crippen LogP contribution in [0.5, 0.6) is 0 Å². The maximum Gasteiger partial charge on any atom is 0.269 e. The summed E-state index contributed by atoms with van der Waals surface area (Å²) in [4.78, 5) is 28.1.